The molecule has 1 fully saturated rings. The Balaban J connectivity index is 1.78. The zero-order valence-corrected chi connectivity index (χ0v) is 12.7. The fourth-order valence-corrected chi connectivity index (χ4v) is 2.40. The molecular weight excluding hydrogens is 282 g/mol. The Hall–Kier alpha value is -2.37. The molecule has 0 heterocycles. The second-order valence-electron chi connectivity index (χ2n) is 5.30. The lowest BCUT2D eigenvalue weighted by atomic mass is 9.90. The molecule has 0 unspecified atom stereocenters. The second-order valence-corrected chi connectivity index (χ2v) is 5.30. The van der Waals surface area contributed by atoms with Gasteiger partial charge in [-0.05, 0) is 43.0 Å². The van der Waals surface area contributed by atoms with Gasteiger partial charge in [-0.3, -0.25) is 9.59 Å². The molecule has 1 aliphatic rings. The van der Waals surface area contributed by atoms with Crippen molar-refractivity contribution in [2.75, 3.05) is 12.4 Å². The van der Waals surface area contributed by atoms with Crippen molar-refractivity contribution in [3.8, 4) is 5.75 Å². The van der Waals surface area contributed by atoms with Crippen molar-refractivity contribution in [3.05, 3.63) is 24.3 Å². The summed E-state index contributed by atoms with van der Waals surface area (Å²) in [7, 11) is 1.56. The van der Waals surface area contributed by atoms with Gasteiger partial charge < -0.3 is 10.1 Å². The van der Waals surface area contributed by atoms with Gasteiger partial charge in [-0.2, -0.15) is 5.10 Å². The number of rotatable bonds is 4. The molecule has 22 heavy (non-hydrogen) atoms. The van der Waals surface area contributed by atoms with E-state index in [9.17, 15) is 9.59 Å². The first kappa shape index (κ1) is 16.0. The Labute approximate surface area is 129 Å². The van der Waals surface area contributed by atoms with Gasteiger partial charge >= 0.3 is 11.8 Å². The molecule has 1 aliphatic carbocycles. The molecular formula is C16H21N3O3. The number of nitrogens with one attached hydrogen (secondary N) is 2. The largest absolute Gasteiger partial charge is 0.497 e. The van der Waals surface area contributed by atoms with Gasteiger partial charge in [0, 0.05) is 11.9 Å². The maximum Gasteiger partial charge on any atom is 0.329 e. The van der Waals surface area contributed by atoms with E-state index in [0.29, 0.717) is 17.4 Å². The van der Waals surface area contributed by atoms with Gasteiger partial charge in [0.2, 0.25) is 0 Å². The summed E-state index contributed by atoms with van der Waals surface area (Å²) in [5.74, 6) is -0.438. The van der Waals surface area contributed by atoms with Crippen molar-refractivity contribution in [2.45, 2.75) is 32.1 Å². The number of benzene rings is 1. The molecule has 0 spiro atoms. The predicted octanol–water partition coefficient (Wildman–Crippen LogP) is 2.32. The van der Waals surface area contributed by atoms with Crippen molar-refractivity contribution in [3.63, 3.8) is 0 Å². The molecule has 0 saturated heterocycles. The normalized spacial score (nSPS) is 15.5. The Bertz CT molecular complexity index is 534. The molecule has 0 atom stereocenters. The number of hydrazone groups is 1. The molecule has 1 saturated carbocycles. The van der Waals surface area contributed by atoms with E-state index in [2.05, 4.69) is 15.8 Å². The van der Waals surface area contributed by atoms with Crippen LogP contribution >= 0.6 is 0 Å². The van der Waals surface area contributed by atoms with Crippen LogP contribution in [-0.2, 0) is 9.59 Å². The monoisotopic (exact) mass is 303 g/mol. The number of anilines is 1. The number of carbonyl (C=O) groups excluding carboxylic acids is 2. The zero-order valence-electron chi connectivity index (χ0n) is 12.7. The quantitative estimate of drug-likeness (QED) is 0.509. The van der Waals surface area contributed by atoms with Crippen LogP contribution in [0.3, 0.4) is 0 Å². The summed E-state index contributed by atoms with van der Waals surface area (Å²) in [5, 5.41) is 6.38. The number of methoxy groups -OCH3 is 1. The standard InChI is InChI=1S/C16H21N3O3/c1-22-14-9-7-13(8-10-14)18-15(20)16(21)19-17-11-12-5-3-2-4-6-12/h7-12H,2-6H2,1H3,(H,18,20)(H,19,21). The highest BCUT2D eigenvalue weighted by Crippen LogP contribution is 2.21. The maximum absolute atomic E-state index is 11.7. The highest BCUT2D eigenvalue weighted by Gasteiger charge is 2.14. The van der Waals surface area contributed by atoms with Crippen LogP contribution in [0, 0.1) is 5.92 Å². The number of carbonyl (C=O) groups is 2. The van der Waals surface area contributed by atoms with Crippen molar-refractivity contribution in [1.82, 2.24) is 5.43 Å². The third-order valence-electron chi connectivity index (χ3n) is 3.66. The number of ether oxygens (including phenoxy) is 1. The van der Waals surface area contributed by atoms with Crippen molar-refractivity contribution >= 4 is 23.7 Å². The Morgan fingerprint density at radius 1 is 1.14 bits per heavy atom. The smallest absolute Gasteiger partial charge is 0.329 e. The molecule has 0 aliphatic heterocycles. The van der Waals surface area contributed by atoms with Crippen LogP contribution in [0.25, 0.3) is 0 Å². The molecule has 2 rings (SSSR count). The van der Waals surface area contributed by atoms with Crippen LogP contribution in [0.5, 0.6) is 5.75 Å². The summed E-state index contributed by atoms with van der Waals surface area (Å²) in [4.78, 5) is 23.4. The molecule has 6 nitrogen and oxygen atoms in total. The number of hydrogen-bond acceptors (Lipinski definition) is 4. The van der Waals surface area contributed by atoms with E-state index in [-0.39, 0.29) is 0 Å². The van der Waals surface area contributed by atoms with Crippen LogP contribution < -0.4 is 15.5 Å². The number of amides is 2. The molecule has 2 amide bonds. The highest BCUT2D eigenvalue weighted by atomic mass is 16.5. The van der Waals surface area contributed by atoms with Crippen LogP contribution in [0.2, 0.25) is 0 Å². The van der Waals surface area contributed by atoms with Gasteiger partial charge in [0.15, 0.2) is 0 Å². The average Bonchev–Trinajstić information content (AvgIpc) is 2.56. The predicted molar refractivity (Wildman–Crippen MR) is 84.8 cm³/mol. The van der Waals surface area contributed by atoms with Gasteiger partial charge in [-0.25, -0.2) is 5.43 Å². The van der Waals surface area contributed by atoms with Crippen LogP contribution in [0.15, 0.2) is 29.4 Å². The highest BCUT2D eigenvalue weighted by molar-refractivity contribution is 6.39. The first-order chi connectivity index (χ1) is 10.7. The Morgan fingerprint density at radius 3 is 2.45 bits per heavy atom. The van der Waals surface area contributed by atoms with Crippen LogP contribution in [-0.4, -0.2) is 25.1 Å². The van der Waals surface area contributed by atoms with E-state index in [4.69, 9.17) is 4.74 Å². The molecule has 1 aromatic carbocycles. The van der Waals surface area contributed by atoms with Gasteiger partial charge in [0.25, 0.3) is 0 Å². The molecule has 118 valence electrons. The fraction of sp³-hybridized carbons (Fsp3) is 0.438. The topological polar surface area (TPSA) is 79.8 Å². The lowest BCUT2D eigenvalue weighted by Gasteiger charge is -2.16. The summed E-state index contributed by atoms with van der Waals surface area (Å²) in [5.41, 5.74) is 2.79. The van der Waals surface area contributed by atoms with Gasteiger partial charge in [-0.15, -0.1) is 0 Å². The van der Waals surface area contributed by atoms with E-state index < -0.39 is 11.8 Å². The lowest BCUT2D eigenvalue weighted by molar-refractivity contribution is -0.136. The summed E-state index contributed by atoms with van der Waals surface area (Å²) in [6.45, 7) is 0. The fourth-order valence-electron chi connectivity index (χ4n) is 2.40. The van der Waals surface area contributed by atoms with E-state index in [1.54, 1.807) is 37.6 Å². The van der Waals surface area contributed by atoms with E-state index in [1.807, 2.05) is 0 Å². The Morgan fingerprint density at radius 2 is 1.82 bits per heavy atom. The van der Waals surface area contributed by atoms with Crippen LogP contribution in [0.1, 0.15) is 32.1 Å². The van der Waals surface area contributed by atoms with E-state index >= 15 is 0 Å². The molecule has 6 heteroatoms. The van der Waals surface area contributed by atoms with Gasteiger partial charge in [-0.1, -0.05) is 19.3 Å². The van der Waals surface area contributed by atoms with Crippen molar-refractivity contribution in [2.24, 2.45) is 11.0 Å². The minimum absolute atomic E-state index is 0.402. The minimum atomic E-state index is -0.775. The van der Waals surface area contributed by atoms with Crippen molar-refractivity contribution < 1.29 is 14.3 Å². The van der Waals surface area contributed by atoms with E-state index in [0.717, 1.165) is 12.8 Å². The van der Waals surface area contributed by atoms with Crippen molar-refractivity contribution in [1.29, 1.82) is 0 Å². The lowest BCUT2D eigenvalue weighted by Crippen LogP contribution is -2.32. The molecule has 0 bridgehead atoms. The first-order valence-electron chi connectivity index (χ1n) is 7.47. The molecule has 0 radical (unpaired) electrons. The maximum atomic E-state index is 11.7. The summed E-state index contributed by atoms with van der Waals surface area (Å²) in [6.07, 6.45) is 7.58. The SMILES string of the molecule is COc1ccc(NC(=O)C(=O)NN=CC2CCCCC2)cc1. The van der Waals surface area contributed by atoms with Crippen LogP contribution in [0.4, 0.5) is 5.69 Å². The average molecular weight is 303 g/mol. The van der Waals surface area contributed by atoms with Gasteiger partial charge in [0.05, 0.1) is 7.11 Å². The summed E-state index contributed by atoms with van der Waals surface area (Å²) in [6, 6.07) is 6.73. The molecule has 1 aromatic rings. The Kier molecular flexibility index (Phi) is 5.94. The van der Waals surface area contributed by atoms with Gasteiger partial charge in [0.1, 0.15) is 5.75 Å². The second kappa shape index (κ2) is 8.17. The third kappa shape index (κ3) is 4.87. The summed E-state index contributed by atoms with van der Waals surface area (Å²) >= 11 is 0. The third-order valence-corrected chi connectivity index (χ3v) is 3.66. The molecule has 2 N–H and O–H groups in total. The zero-order chi connectivity index (χ0) is 15.8. The first-order valence-corrected chi connectivity index (χ1v) is 7.47. The number of hydrogen-bond donors (Lipinski definition) is 2. The van der Waals surface area contributed by atoms with E-state index in [1.165, 1.54) is 19.3 Å². The number of nitrogens with zero attached hydrogens (tertiary/aromatic N) is 1. The minimum Gasteiger partial charge on any atom is -0.497 e. The summed E-state index contributed by atoms with van der Waals surface area (Å²) < 4.78 is 5.02. The molecule has 0 aromatic heterocycles.